The number of hydrogen-bond acceptors (Lipinski definition) is 4. The fraction of sp³-hybridized carbons (Fsp3) is 0.429. The Morgan fingerprint density at radius 1 is 1.40 bits per heavy atom. The Kier molecular flexibility index (Phi) is 4.68. The van der Waals surface area contributed by atoms with Gasteiger partial charge in [-0.3, -0.25) is 0 Å². The predicted octanol–water partition coefficient (Wildman–Crippen LogP) is 1.97. The van der Waals surface area contributed by atoms with E-state index < -0.39 is 0 Å². The Bertz CT molecular complexity index is 568. The van der Waals surface area contributed by atoms with E-state index in [-0.39, 0.29) is 11.6 Å². The van der Waals surface area contributed by atoms with E-state index in [1.165, 1.54) is 13.2 Å². The second-order valence-corrected chi connectivity index (χ2v) is 4.91. The van der Waals surface area contributed by atoms with E-state index in [0.29, 0.717) is 19.1 Å². The van der Waals surface area contributed by atoms with E-state index in [2.05, 4.69) is 29.5 Å². The molecule has 0 aliphatic rings. The molecular formula is C14H19FN4O. The van der Waals surface area contributed by atoms with Crippen LogP contribution in [0.5, 0.6) is 5.75 Å². The van der Waals surface area contributed by atoms with Gasteiger partial charge in [0.05, 0.1) is 25.5 Å². The van der Waals surface area contributed by atoms with E-state index in [0.717, 1.165) is 11.3 Å². The lowest BCUT2D eigenvalue weighted by atomic mass is 10.2. The number of hydrogen-bond donors (Lipinski definition) is 1. The minimum Gasteiger partial charge on any atom is -0.494 e. The molecule has 1 heterocycles. The number of methoxy groups -OCH3 is 1. The first-order valence-electron chi connectivity index (χ1n) is 6.53. The standard InChI is InChI=1S/C14H19FN4O/c1-10(2)16-7-12-9-19(18-17-12)8-11-4-5-14(20-3)13(15)6-11/h4-6,9-10,16H,7-8H2,1-3H3. The molecule has 1 N–H and O–H groups in total. The van der Waals surface area contributed by atoms with Crippen molar-refractivity contribution >= 4 is 0 Å². The molecule has 0 fully saturated rings. The highest BCUT2D eigenvalue weighted by Gasteiger charge is 2.06. The van der Waals surface area contributed by atoms with Crippen LogP contribution >= 0.6 is 0 Å². The lowest BCUT2D eigenvalue weighted by Crippen LogP contribution is -2.21. The summed E-state index contributed by atoms with van der Waals surface area (Å²) >= 11 is 0. The van der Waals surface area contributed by atoms with Crippen molar-refractivity contribution in [3.05, 3.63) is 41.5 Å². The van der Waals surface area contributed by atoms with Gasteiger partial charge in [0, 0.05) is 12.6 Å². The van der Waals surface area contributed by atoms with Gasteiger partial charge in [0.2, 0.25) is 0 Å². The third-order valence-corrected chi connectivity index (χ3v) is 2.84. The maximum absolute atomic E-state index is 13.6. The monoisotopic (exact) mass is 278 g/mol. The Balaban J connectivity index is 2.01. The van der Waals surface area contributed by atoms with Gasteiger partial charge in [-0.2, -0.15) is 0 Å². The molecule has 0 amide bonds. The third-order valence-electron chi connectivity index (χ3n) is 2.84. The summed E-state index contributed by atoms with van der Waals surface area (Å²) in [5.74, 6) is -0.124. The molecule has 0 aliphatic heterocycles. The van der Waals surface area contributed by atoms with E-state index in [4.69, 9.17) is 4.74 Å². The lowest BCUT2D eigenvalue weighted by molar-refractivity contribution is 0.386. The van der Waals surface area contributed by atoms with Crippen LogP contribution in [0.25, 0.3) is 0 Å². The van der Waals surface area contributed by atoms with Crippen LogP contribution in [0, 0.1) is 5.82 Å². The summed E-state index contributed by atoms with van der Waals surface area (Å²) in [7, 11) is 1.45. The number of halogens is 1. The smallest absolute Gasteiger partial charge is 0.165 e. The molecule has 0 bridgehead atoms. The molecule has 0 saturated carbocycles. The van der Waals surface area contributed by atoms with Gasteiger partial charge in [-0.15, -0.1) is 5.10 Å². The number of ether oxygens (including phenoxy) is 1. The Morgan fingerprint density at radius 3 is 2.85 bits per heavy atom. The fourth-order valence-electron chi connectivity index (χ4n) is 1.80. The summed E-state index contributed by atoms with van der Waals surface area (Å²) in [6.45, 7) is 5.30. The highest BCUT2D eigenvalue weighted by Crippen LogP contribution is 2.18. The normalized spacial score (nSPS) is 11.1. The lowest BCUT2D eigenvalue weighted by Gasteiger charge is -2.05. The Labute approximate surface area is 117 Å². The zero-order chi connectivity index (χ0) is 14.5. The van der Waals surface area contributed by atoms with Crippen molar-refractivity contribution in [3.63, 3.8) is 0 Å². The number of rotatable bonds is 6. The molecule has 0 unspecified atom stereocenters. The van der Waals surface area contributed by atoms with E-state index in [1.807, 2.05) is 12.3 Å². The summed E-state index contributed by atoms with van der Waals surface area (Å²) < 4.78 is 20.2. The van der Waals surface area contributed by atoms with Gasteiger partial charge in [0.15, 0.2) is 11.6 Å². The molecular weight excluding hydrogens is 259 g/mol. The maximum atomic E-state index is 13.6. The number of nitrogens with one attached hydrogen (secondary N) is 1. The summed E-state index contributed by atoms with van der Waals surface area (Å²) in [6.07, 6.45) is 1.86. The minimum atomic E-state index is -0.369. The number of aromatic nitrogens is 3. The van der Waals surface area contributed by atoms with Crippen molar-refractivity contribution in [2.24, 2.45) is 0 Å². The average Bonchev–Trinajstić information content (AvgIpc) is 2.84. The molecule has 1 aromatic carbocycles. The van der Waals surface area contributed by atoms with Gasteiger partial charge in [0.1, 0.15) is 0 Å². The molecule has 108 valence electrons. The molecule has 0 atom stereocenters. The molecule has 0 radical (unpaired) electrons. The molecule has 5 nitrogen and oxygen atoms in total. The van der Waals surface area contributed by atoms with Crippen LogP contribution in [0.1, 0.15) is 25.1 Å². The number of nitrogens with zero attached hydrogens (tertiary/aromatic N) is 3. The van der Waals surface area contributed by atoms with Gasteiger partial charge in [0.25, 0.3) is 0 Å². The maximum Gasteiger partial charge on any atom is 0.165 e. The second-order valence-electron chi connectivity index (χ2n) is 4.91. The van der Waals surface area contributed by atoms with Crippen LogP contribution in [-0.4, -0.2) is 28.1 Å². The molecule has 0 spiro atoms. The van der Waals surface area contributed by atoms with Crippen molar-refractivity contribution in [2.45, 2.75) is 33.0 Å². The van der Waals surface area contributed by atoms with E-state index >= 15 is 0 Å². The average molecular weight is 278 g/mol. The summed E-state index contributed by atoms with van der Waals surface area (Å²) in [4.78, 5) is 0. The summed E-state index contributed by atoms with van der Waals surface area (Å²) in [6, 6.07) is 5.28. The zero-order valence-electron chi connectivity index (χ0n) is 11.9. The highest BCUT2D eigenvalue weighted by atomic mass is 19.1. The zero-order valence-corrected chi connectivity index (χ0v) is 11.9. The SMILES string of the molecule is COc1ccc(Cn2cc(CNC(C)C)nn2)cc1F. The third kappa shape index (κ3) is 3.77. The Hall–Kier alpha value is -1.95. The van der Waals surface area contributed by atoms with Crippen molar-refractivity contribution < 1.29 is 9.13 Å². The second kappa shape index (κ2) is 6.47. The fourth-order valence-corrected chi connectivity index (χ4v) is 1.80. The van der Waals surface area contributed by atoms with E-state index in [9.17, 15) is 4.39 Å². The molecule has 2 rings (SSSR count). The number of benzene rings is 1. The molecule has 20 heavy (non-hydrogen) atoms. The van der Waals surface area contributed by atoms with Crippen LogP contribution < -0.4 is 10.1 Å². The highest BCUT2D eigenvalue weighted by molar-refractivity contribution is 5.29. The van der Waals surface area contributed by atoms with Gasteiger partial charge < -0.3 is 10.1 Å². The van der Waals surface area contributed by atoms with Crippen molar-refractivity contribution in [1.82, 2.24) is 20.3 Å². The molecule has 0 saturated heterocycles. The van der Waals surface area contributed by atoms with Gasteiger partial charge >= 0.3 is 0 Å². The first kappa shape index (κ1) is 14.5. The van der Waals surface area contributed by atoms with Crippen LogP contribution in [0.2, 0.25) is 0 Å². The molecule has 1 aromatic heterocycles. The summed E-state index contributed by atoms with van der Waals surface area (Å²) in [5, 5.41) is 11.4. The molecule has 0 aliphatic carbocycles. The van der Waals surface area contributed by atoms with Crippen molar-refractivity contribution in [3.8, 4) is 5.75 Å². The molecule has 6 heteroatoms. The van der Waals surface area contributed by atoms with Gasteiger partial charge in [-0.1, -0.05) is 25.1 Å². The summed E-state index contributed by atoms with van der Waals surface area (Å²) in [5.41, 5.74) is 1.68. The van der Waals surface area contributed by atoms with Gasteiger partial charge in [-0.05, 0) is 17.7 Å². The van der Waals surface area contributed by atoms with Crippen LogP contribution in [0.3, 0.4) is 0 Å². The van der Waals surface area contributed by atoms with E-state index in [1.54, 1.807) is 10.7 Å². The van der Waals surface area contributed by atoms with Crippen LogP contribution in [0.4, 0.5) is 4.39 Å². The predicted molar refractivity (Wildman–Crippen MR) is 74.1 cm³/mol. The minimum absolute atomic E-state index is 0.245. The van der Waals surface area contributed by atoms with Crippen molar-refractivity contribution in [1.29, 1.82) is 0 Å². The first-order chi connectivity index (χ1) is 9.58. The van der Waals surface area contributed by atoms with Gasteiger partial charge in [-0.25, -0.2) is 9.07 Å². The topological polar surface area (TPSA) is 52.0 Å². The molecule has 2 aromatic rings. The van der Waals surface area contributed by atoms with Crippen LogP contribution in [0.15, 0.2) is 24.4 Å². The quantitative estimate of drug-likeness (QED) is 0.877. The van der Waals surface area contributed by atoms with Crippen LogP contribution in [-0.2, 0) is 13.1 Å². The first-order valence-corrected chi connectivity index (χ1v) is 6.53. The largest absolute Gasteiger partial charge is 0.494 e. The van der Waals surface area contributed by atoms with Crippen molar-refractivity contribution in [2.75, 3.05) is 7.11 Å². The Morgan fingerprint density at radius 2 is 2.20 bits per heavy atom.